The highest BCUT2D eigenvalue weighted by molar-refractivity contribution is 7.97. The maximum absolute atomic E-state index is 5.91. The zero-order chi connectivity index (χ0) is 18.6. The first-order valence-electron chi connectivity index (χ1n) is 9.10. The second kappa shape index (κ2) is 8.00. The van der Waals surface area contributed by atoms with Gasteiger partial charge in [0.05, 0.1) is 18.0 Å². The zero-order valence-electron chi connectivity index (χ0n) is 15.5. The molecule has 2 aromatic carbocycles. The van der Waals surface area contributed by atoms with Crippen LogP contribution < -0.4 is 9.47 Å². The molecular formula is C20H22N4O2S. The van der Waals surface area contributed by atoms with E-state index >= 15 is 0 Å². The molecule has 4 rings (SSSR count). The largest absolute Gasteiger partial charge is 0.494 e. The summed E-state index contributed by atoms with van der Waals surface area (Å²) in [6.45, 7) is 4.76. The van der Waals surface area contributed by atoms with Crippen molar-refractivity contribution in [2.75, 3.05) is 6.61 Å². The van der Waals surface area contributed by atoms with Crippen molar-refractivity contribution < 1.29 is 9.47 Å². The van der Waals surface area contributed by atoms with E-state index in [4.69, 9.17) is 9.47 Å². The highest BCUT2D eigenvalue weighted by Gasteiger charge is 2.22. The Balaban J connectivity index is 1.47. The van der Waals surface area contributed by atoms with Crippen molar-refractivity contribution in [2.24, 2.45) is 0 Å². The lowest BCUT2D eigenvalue weighted by Crippen LogP contribution is -2.05. The number of ether oxygens (including phenoxy) is 2. The zero-order valence-corrected chi connectivity index (χ0v) is 16.3. The predicted octanol–water partition coefficient (Wildman–Crippen LogP) is 3.82. The lowest BCUT2D eigenvalue weighted by molar-refractivity contribution is 0.254. The monoisotopic (exact) mass is 382 g/mol. The first-order chi connectivity index (χ1) is 13.2. The second-order valence-corrected chi connectivity index (χ2v) is 7.45. The molecule has 0 bridgehead atoms. The Kier molecular flexibility index (Phi) is 5.29. The van der Waals surface area contributed by atoms with Gasteiger partial charge in [0, 0.05) is 23.3 Å². The molecular weight excluding hydrogens is 360 g/mol. The number of rotatable bonds is 7. The molecule has 0 aliphatic carbocycles. The first-order valence-corrected chi connectivity index (χ1v) is 10.3. The third kappa shape index (κ3) is 3.93. The van der Waals surface area contributed by atoms with Gasteiger partial charge in [-0.3, -0.25) is 0 Å². The molecule has 2 heterocycles. The Hall–Kier alpha value is -2.54. The van der Waals surface area contributed by atoms with Crippen LogP contribution in [-0.2, 0) is 17.9 Å². The average Bonchev–Trinajstić information content (AvgIpc) is 3.28. The molecule has 0 spiro atoms. The summed E-state index contributed by atoms with van der Waals surface area (Å²) in [5.74, 6) is 4.28. The van der Waals surface area contributed by atoms with E-state index in [1.165, 1.54) is 5.56 Å². The number of benzene rings is 2. The number of thioether (sulfide) groups is 1. The smallest absolute Gasteiger partial charge is 0.166 e. The molecule has 6 nitrogen and oxygen atoms in total. The normalized spacial score (nSPS) is 15.4. The molecule has 0 amide bonds. The van der Waals surface area contributed by atoms with Crippen LogP contribution in [0.5, 0.6) is 11.5 Å². The molecule has 0 saturated heterocycles. The first kappa shape index (κ1) is 17.9. The summed E-state index contributed by atoms with van der Waals surface area (Å²) in [6.07, 6.45) is 1.17. The third-order valence-electron chi connectivity index (χ3n) is 4.40. The minimum absolute atomic E-state index is 0.230. The maximum Gasteiger partial charge on any atom is 0.166 e. The van der Waals surface area contributed by atoms with Crippen LogP contribution in [0.3, 0.4) is 0 Å². The van der Waals surface area contributed by atoms with E-state index in [-0.39, 0.29) is 6.10 Å². The Bertz CT molecular complexity index is 914. The van der Waals surface area contributed by atoms with Crippen LogP contribution in [0, 0.1) is 0 Å². The Morgan fingerprint density at radius 2 is 2.07 bits per heavy atom. The highest BCUT2D eigenvalue weighted by Crippen LogP contribution is 2.37. The number of aromatic nitrogens is 4. The lowest BCUT2D eigenvalue weighted by atomic mass is 10.1. The summed E-state index contributed by atoms with van der Waals surface area (Å²) in [7, 11) is 0. The van der Waals surface area contributed by atoms with Gasteiger partial charge in [-0.1, -0.05) is 18.2 Å². The molecule has 1 aliphatic heterocycles. The topological polar surface area (TPSA) is 62.1 Å². The summed E-state index contributed by atoms with van der Waals surface area (Å²) >= 11 is 1.76. The van der Waals surface area contributed by atoms with Gasteiger partial charge in [-0.05, 0) is 48.5 Å². The summed E-state index contributed by atoms with van der Waals surface area (Å²) in [5, 5.41) is 12.1. The van der Waals surface area contributed by atoms with E-state index in [9.17, 15) is 0 Å². The SMILES string of the molecule is CCOc1cc2c(cc1CSCc1nnnn1-c1ccccc1)O[C@H](C)C2. The van der Waals surface area contributed by atoms with Crippen LogP contribution in [0.1, 0.15) is 30.8 Å². The van der Waals surface area contributed by atoms with Gasteiger partial charge in [0.1, 0.15) is 17.6 Å². The number of hydrogen-bond donors (Lipinski definition) is 0. The van der Waals surface area contributed by atoms with Crippen LogP contribution in [-0.4, -0.2) is 32.9 Å². The molecule has 0 fully saturated rings. The van der Waals surface area contributed by atoms with Crippen LogP contribution in [0.2, 0.25) is 0 Å². The quantitative estimate of drug-likeness (QED) is 0.619. The van der Waals surface area contributed by atoms with Crippen molar-refractivity contribution in [3.63, 3.8) is 0 Å². The minimum atomic E-state index is 0.230. The average molecular weight is 382 g/mol. The van der Waals surface area contributed by atoms with E-state index in [2.05, 4.69) is 34.6 Å². The molecule has 1 aromatic heterocycles. The van der Waals surface area contributed by atoms with Crippen molar-refractivity contribution in [3.8, 4) is 17.2 Å². The lowest BCUT2D eigenvalue weighted by Gasteiger charge is -2.12. The van der Waals surface area contributed by atoms with Gasteiger partial charge in [-0.15, -0.1) is 16.9 Å². The van der Waals surface area contributed by atoms with Gasteiger partial charge in [-0.25, -0.2) is 0 Å². The molecule has 27 heavy (non-hydrogen) atoms. The summed E-state index contributed by atoms with van der Waals surface area (Å²) in [5.41, 5.74) is 3.34. The second-order valence-electron chi connectivity index (χ2n) is 6.47. The molecule has 0 N–H and O–H groups in total. The van der Waals surface area contributed by atoms with Crippen LogP contribution in [0.4, 0.5) is 0 Å². The van der Waals surface area contributed by atoms with Gasteiger partial charge in [0.15, 0.2) is 5.82 Å². The van der Waals surface area contributed by atoms with Gasteiger partial charge < -0.3 is 9.47 Å². The van der Waals surface area contributed by atoms with E-state index in [0.29, 0.717) is 12.4 Å². The summed E-state index contributed by atoms with van der Waals surface area (Å²) in [6, 6.07) is 14.2. The van der Waals surface area contributed by atoms with Gasteiger partial charge in [0.25, 0.3) is 0 Å². The molecule has 3 aromatic rings. The number of nitrogens with zero attached hydrogens (tertiary/aromatic N) is 4. The third-order valence-corrected chi connectivity index (χ3v) is 5.38. The van der Waals surface area contributed by atoms with Crippen molar-refractivity contribution >= 4 is 11.8 Å². The van der Waals surface area contributed by atoms with Gasteiger partial charge in [0.2, 0.25) is 0 Å². The summed E-state index contributed by atoms with van der Waals surface area (Å²) in [4.78, 5) is 0. The maximum atomic E-state index is 5.91. The Morgan fingerprint density at radius 1 is 1.22 bits per heavy atom. The van der Waals surface area contributed by atoms with Crippen LogP contribution in [0.15, 0.2) is 42.5 Å². The van der Waals surface area contributed by atoms with Crippen molar-refractivity contribution in [1.82, 2.24) is 20.2 Å². The molecule has 7 heteroatoms. The fourth-order valence-corrected chi connectivity index (χ4v) is 4.11. The van der Waals surface area contributed by atoms with Crippen molar-refractivity contribution in [3.05, 3.63) is 59.4 Å². The standard InChI is InChI=1S/C20H22N4O2S/c1-3-25-18-10-15-9-14(2)26-19(15)11-16(18)12-27-13-20-21-22-23-24(20)17-7-5-4-6-8-17/h4-8,10-11,14H,3,9,12-13H2,1-2H3/t14-/m1/s1. The van der Waals surface area contributed by atoms with Crippen molar-refractivity contribution in [1.29, 1.82) is 0 Å². The van der Waals surface area contributed by atoms with Crippen molar-refractivity contribution in [2.45, 2.75) is 37.9 Å². The van der Waals surface area contributed by atoms with Crippen LogP contribution >= 0.6 is 11.8 Å². The molecule has 1 atom stereocenters. The molecule has 0 saturated carbocycles. The Labute approximate surface area is 162 Å². The van der Waals surface area contributed by atoms with E-state index in [0.717, 1.165) is 40.7 Å². The fraction of sp³-hybridized carbons (Fsp3) is 0.350. The van der Waals surface area contributed by atoms with Gasteiger partial charge >= 0.3 is 0 Å². The number of para-hydroxylation sites is 1. The van der Waals surface area contributed by atoms with E-state index in [1.54, 1.807) is 16.4 Å². The number of tetrazole rings is 1. The summed E-state index contributed by atoms with van der Waals surface area (Å²) < 4.78 is 13.6. The molecule has 0 radical (unpaired) electrons. The number of fused-ring (bicyclic) bond motifs is 1. The fourth-order valence-electron chi connectivity index (χ4n) is 3.20. The van der Waals surface area contributed by atoms with Crippen LogP contribution in [0.25, 0.3) is 5.69 Å². The van der Waals surface area contributed by atoms with E-state index < -0.39 is 0 Å². The highest BCUT2D eigenvalue weighted by atomic mass is 32.2. The molecule has 1 aliphatic rings. The van der Waals surface area contributed by atoms with Gasteiger partial charge in [-0.2, -0.15) is 4.68 Å². The van der Waals surface area contributed by atoms with E-state index in [1.807, 2.05) is 37.3 Å². The Morgan fingerprint density at radius 3 is 2.89 bits per heavy atom. The number of hydrogen-bond acceptors (Lipinski definition) is 6. The predicted molar refractivity (Wildman–Crippen MR) is 106 cm³/mol. The molecule has 0 unspecified atom stereocenters. The minimum Gasteiger partial charge on any atom is -0.494 e. The molecule has 140 valence electrons.